The molecule has 2 aliphatic carbocycles. The molecular formula is C60H34N6O2. The Morgan fingerprint density at radius 2 is 0.779 bits per heavy atom. The molecule has 0 amide bonds. The minimum Gasteiger partial charge on any atom is -0.436 e. The van der Waals surface area contributed by atoms with Crippen molar-refractivity contribution in [1.29, 1.82) is 0 Å². The first kappa shape index (κ1) is 37.0. The maximum atomic E-state index is 6.41. The minimum absolute atomic E-state index is 0.461. The average Bonchev–Trinajstić information content (AvgIpc) is 4.23. The summed E-state index contributed by atoms with van der Waals surface area (Å²) >= 11 is 0. The standard InChI is InChI=1S/C60H34N6O2/c1-6-20-45-39(15-1)40-16-2-7-21-46(40)60(45)47-22-8-3-17-41(47)42-30-29-35(34-48(42)60)55-63-56(65-59(64-55)66-51-25-11-4-18-43(51)44-19-5-12-26-52(44)66)36-31-37(57-61-49-23-9-13-27-53(49)67-57)33-38(32-36)58-62-50-24-10-14-28-54(50)68-58/h1-34H. The largest absolute Gasteiger partial charge is 0.436 e. The van der Waals surface area contributed by atoms with Crippen molar-refractivity contribution in [1.82, 2.24) is 29.5 Å². The van der Waals surface area contributed by atoms with Crippen molar-refractivity contribution in [3.8, 4) is 73.9 Å². The number of nitrogens with zero attached hydrogens (tertiary/aromatic N) is 6. The van der Waals surface area contributed by atoms with E-state index in [0.717, 1.165) is 55.1 Å². The number of hydrogen-bond acceptors (Lipinski definition) is 7. The van der Waals surface area contributed by atoms with Gasteiger partial charge in [-0.15, -0.1) is 0 Å². The van der Waals surface area contributed by atoms with Gasteiger partial charge >= 0.3 is 0 Å². The van der Waals surface area contributed by atoms with Gasteiger partial charge in [0.2, 0.25) is 17.7 Å². The molecule has 13 aromatic rings. The number of oxazole rings is 2. The van der Waals surface area contributed by atoms with Crippen LogP contribution < -0.4 is 0 Å². The van der Waals surface area contributed by atoms with Crippen LogP contribution in [0.15, 0.2) is 215 Å². The van der Waals surface area contributed by atoms with E-state index in [1.54, 1.807) is 0 Å². The van der Waals surface area contributed by atoms with Crippen molar-refractivity contribution in [3.05, 3.63) is 229 Å². The molecule has 1 spiro atoms. The molecule has 68 heavy (non-hydrogen) atoms. The lowest BCUT2D eigenvalue weighted by Gasteiger charge is -2.30. The van der Waals surface area contributed by atoms with Gasteiger partial charge in [0.1, 0.15) is 11.0 Å². The van der Waals surface area contributed by atoms with E-state index in [-0.39, 0.29) is 0 Å². The Hall–Kier alpha value is -9.27. The molecule has 9 aromatic carbocycles. The van der Waals surface area contributed by atoms with Crippen molar-refractivity contribution < 1.29 is 8.83 Å². The maximum absolute atomic E-state index is 6.41. The van der Waals surface area contributed by atoms with Gasteiger partial charge in [0.15, 0.2) is 22.8 Å². The first-order chi connectivity index (χ1) is 33.7. The quantitative estimate of drug-likeness (QED) is 0.170. The topological polar surface area (TPSA) is 95.7 Å². The van der Waals surface area contributed by atoms with E-state index in [1.807, 2.05) is 66.7 Å². The molecule has 0 N–H and O–H groups in total. The third-order valence-corrected chi connectivity index (χ3v) is 13.9. The lowest BCUT2D eigenvalue weighted by atomic mass is 9.70. The molecule has 0 unspecified atom stereocenters. The minimum atomic E-state index is -0.539. The molecule has 0 saturated heterocycles. The first-order valence-electron chi connectivity index (χ1n) is 22.7. The number of hydrogen-bond donors (Lipinski definition) is 0. The molecule has 0 aliphatic heterocycles. The fourth-order valence-corrected chi connectivity index (χ4v) is 11.1. The Bertz CT molecular complexity index is 3980. The third-order valence-electron chi connectivity index (χ3n) is 13.9. The van der Waals surface area contributed by atoms with Crippen LogP contribution in [0.2, 0.25) is 0 Å². The Labute approximate surface area is 388 Å². The summed E-state index contributed by atoms with van der Waals surface area (Å²) in [5.41, 5.74) is 17.3. The molecule has 316 valence electrons. The zero-order valence-corrected chi connectivity index (χ0v) is 36.1. The fraction of sp³-hybridized carbons (Fsp3) is 0.0167. The molecule has 0 radical (unpaired) electrons. The van der Waals surface area contributed by atoms with Crippen LogP contribution in [0.25, 0.3) is 118 Å². The highest BCUT2D eigenvalue weighted by molar-refractivity contribution is 6.09. The third kappa shape index (κ3) is 5.16. The monoisotopic (exact) mass is 870 g/mol. The van der Waals surface area contributed by atoms with Crippen molar-refractivity contribution in [2.24, 2.45) is 0 Å². The Kier molecular flexibility index (Phi) is 7.55. The lowest BCUT2D eigenvalue weighted by molar-refractivity contribution is 0.617. The molecule has 8 heteroatoms. The van der Waals surface area contributed by atoms with Gasteiger partial charge in [-0.1, -0.05) is 146 Å². The van der Waals surface area contributed by atoms with E-state index in [4.69, 9.17) is 33.8 Å². The second-order valence-electron chi connectivity index (χ2n) is 17.6. The summed E-state index contributed by atoms with van der Waals surface area (Å²) in [6.45, 7) is 0. The highest BCUT2D eigenvalue weighted by Crippen LogP contribution is 2.63. The van der Waals surface area contributed by atoms with E-state index in [1.165, 1.54) is 44.5 Å². The van der Waals surface area contributed by atoms with Crippen molar-refractivity contribution >= 4 is 44.0 Å². The molecule has 0 saturated carbocycles. The molecule has 4 aromatic heterocycles. The summed E-state index contributed by atoms with van der Waals surface area (Å²) in [5, 5.41) is 2.22. The first-order valence-corrected chi connectivity index (χ1v) is 22.7. The van der Waals surface area contributed by atoms with Gasteiger partial charge in [-0.25, -0.2) is 15.0 Å². The number of fused-ring (bicyclic) bond motifs is 15. The number of rotatable bonds is 5. The van der Waals surface area contributed by atoms with Crippen LogP contribution in [0, 0.1) is 0 Å². The van der Waals surface area contributed by atoms with Crippen molar-refractivity contribution in [2.45, 2.75) is 5.41 Å². The van der Waals surface area contributed by atoms with E-state index < -0.39 is 5.41 Å². The normalized spacial score (nSPS) is 13.1. The van der Waals surface area contributed by atoms with Gasteiger partial charge in [-0.2, -0.15) is 9.97 Å². The number of aromatic nitrogens is 6. The summed E-state index contributed by atoms with van der Waals surface area (Å²) < 4.78 is 15.0. The van der Waals surface area contributed by atoms with Crippen molar-refractivity contribution in [3.63, 3.8) is 0 Å². The number of para-hydroxylation sites is 6. The van der Waals surface area contributed by atoms with Crippen LogP contribution in [0.5, 0.6) is 0 Å². The molecule has 2 aliphatic rings. The summed E-state index contributed by atoms with van der Waals surface area (Å²) in [6.07, 6.45) is 0. The highest BCUT2D eigenvalue weighted by Gasteiger charge is 2.51. The van der Waals surface area contributed by atoms with Crippen LogP contribution in [0.4, 0.5) is 0 Å². The average molecular weight is 871 g/mol. The molecule has 15 rings (SSSR count). The van der Waals surface area contributed by atoms with Crippen LogP contribution in [-0.2, 0) is 5.41 Å². The second-order valence-corrected chi connectivity index (χ2v) is 17.6. The van der Waals surface area contributed by atoms with Crippen LogP contribution in [0.1, 0.15) is 22.3 Å². The van der Waals surface area contributed by atoms with E-state index >= 15 is 0 Å². The molecule has 4 heterocycles. The van der Waals surface area contributed by atoms with Crippen LogP contribution >= 0.6 is 0 Å². The molecule has 8 nitrogen and oxygen atoms in total. The summed E-state index contributed by atoms with van der Waals surface area (Å²) in [5.74, 6) is 2.42. The van der Waals surface area contributed by atoms with Crippen molar-refractivity contribution in [2.75, 3.05) is 0 Å². The second kappa shape index (κ2) is 13.9. The Morgan fingerprint density at radius 1 is 0.338 bits per heavy atom. The zero-order chi connectivity index (χ0) is 44.5. The molecular weight excluding hydrogens is 837 g/mol. The van der Waals surface area contributed by atoms with Gasteiger partial charge in [-0.3, -0.25) is 4.57 Å². The SMILES string of the molecule is c1ccc2c(c1)-c1ccccc1C21c2ccccc2-c2ccc(-c3nc(-c4cc(-c5nc6ccccc6o5)cc(-c5nc6ccccc6o5)c4)nc(-n4c5ccccc5c5ccccc54)n3)cc21. The van der Waals surface area contributed by atoms with E-state index in [2.05, 4.69) is 144 Å². The van der Waals surface area contributed by atoms with Gasteiger partial charge in [-0.05, 0) is 105 Å². The summed E-state index contributed by atoms with van der Waals surface area (Å²) in [7, 11) is 0. The predicted molar refractivity (Wildman–Crippen MR) is 267 cm³/mol. The van der Waals surface area contributed by atoms with Gasteiger partial charge in [0, 0.05) is 33.0 Å². The Morgan fingerprint density at radius 3 is 1.32 bits per heavy atom. The summed E-state index contributed by atoms with van der Waals surface area (Å²) in [4.78, 5) is 26.1. The van der Waals surface area contributed by atoms with Crippen LogP contribution in [0.3, 0.4) is 0 Å². The van der Waals surface area contributed by atoms with Gasteiger partial charge in [0.05, 0.1) is 16.4 Å². The smallest absolute Gasteiger partial charge is 0.238 e. The highest BCUT2D eigenvalue weighted by atomic mass is 16.4. The predicted octanol–water partition coefficient (Wildman–Crippen LogP) is 14.3. The Balaban J connectivity index is 1.01. The molecule has 0 bridgehead atoms. The molecule has 0 atom stereocenters. The fourth-order valence-electron chi connectivity index (χ4n) is 11.1. The number of benzene rings is 9. The van der Waals surface area contributed by atoms with Crippen LogP contribution in [-0.4, -0.2) is 29.5 Å². The van der Waals surface area contributed by atoms with E-state index in [9.17, 15) is 0 Å². The molecule has 0 fully saturated rings. The zero-order valence-electron chi connectivity index (χ0n) is 36.1. The summed E-state index contributed by atoms with van der Waals surface area (Å²) in [6, 6.07) is 71.8. The maximum Gasteiger partial charge on any atom is 0.238 e. The van der Waals surface area contributed by atoms with Gasteiger partial charge < -0.3 is 8.83 Å². The lowest BCUT2D eigenvalue weighted by Crippen LogP contribution is -2.25. The van der Waals surface area contributed by atoms with Gasteiger partial charge in [0.25, 0.3) is 0 Å². The van der Waals surface area contributed by atoms with E-state index in [0.29, 0.717) is 40.5 Å².